The molecule has 0 amide bonds. The molecule has 3 rings (SSSR count). The molecule has 2 aliphatic heterocycles. The van der Waals surface area contributed by atoms with Gasteiger partial charge in [-0.3, -0.25) is 4.99 Å². The van der Waals surface area contributed by atoms with E-state index in [1.54, 1.807) is 14.2 Å². The Morgan fingerprint density at radius 1 is 1.14 bits per heavy atom. The van der Waals surface area contributed by atoms with Crippen molar-refractivity contribution < 1.29 is 14.2 Å². The lowest BCUT2D eigenvalue weighted by molar-refractivity contribution is 0.113. The highest BCUT2D eigenvalue weighted by atomic mass is 127. The predicted octanol–water partition coefficient (Wildman–Crippen LogP) is 2.63. The predicted molar refractivity (Wildman–Crippen MR) is 124 cm³/mol. The maximum absolute atomic E-state index is 5.67. The van der Waals surface area contributed by atoms with Crippen molar-refractivity contribution in [2.24, 2.45) is 4.99 Å². The fourth-order valence-corrected chi connectivity index (χ4v) is 3.66. The first-order valence-corrected chi connectivity index (χ1v) is 9.78. The molecular formula is C20H33IN4O3. The van der Waals surface area contributed by atoms with E-state index in [0.717, 1.165) is 75.1 Å². The molecule has 2 saturated heterocycles. The number of methoxy groups -OCH3 is 2. The van der Waals surface area contributed by atoms with Crippen molar-refractivity contribution in [3.8, 4) is 11.5 Å². The van der Waals surface area contributed by atoms with Crippen LogP contribution < -0.4 is 25.0 Å². The molecule has 0 spiro atoms. The number of ether oxygens (including phenoxy) is 3. The zero-order valence-electron chi connectivity index (χ0n) is 17.1. The average Bonchev–Trinajstić information content (AvgIpc) is 3.24. The lowest BCUT2D eigenvalue weighted by Crippen LogP contribution is -2.49. The normalized spacial score (nSPS) is 20.5. The van der Waals surface area contributed by atoms with Crippen LogP contribution in [0.2, 0.25) is 0 Å². The smallest absolute Gasteiger partial charge is 0.191 e. The Kier molecular flexibility index (Phi) is 9.43. The number of piperidine rings is 1. The molecule has 28 heavy (non-hydrogen) atoms. The summed E-state index contributed by atoms with van der Waals surface area (Å²) in [6, 6.07) is 6.46. The van der Waals surface area contributed by atoms with Crippen molar-refractivity contribution in [3.63, 3.8) is 0 Å². The Morgan fingerprint density at radius 2 is 1.82 bits per heavy atom. The molecule has 158 valence electrons. The molecule has 2 N–H and O–H groups in total. The third-order valence-corrected chi connectivity index (χ3v) is 5.28. The topological polar surface area (TPSA) is 67.4 Å². The van der Waals surface area contributed by atoms with Crippen molar-refractivity contribution in [3.05, 3.63) is 18.2 Å². The molecule has 0 radical (unpaired) electrons. The second-order valence-electron chi connectivity index (χ2n) is 7.06. The maximum Gasteiger partial charge on any atom is 0.191 e. The van der Waals surface area contributed by atoms with Gasteiger partial charge in [-0.15, -0.1) is 24.0 Å². The number of hydrogen-bond acceptors (Lipinski definition) is 5. The highest BCUT2D eigenvalue weighted by molar-refractivity contribution is 14.0. The van der Waals surface area contributed by atoms with Gasteiger partial charge in [-0.1, -0.05) is 0 Å². The molecule has 2 aliphatic rings. The quantitative estimate of drug-likeness (QED) is 0.353. The number of halogens is 1. The van der Waals surface area contributed by atoms with Gasteiger partial charge in [-0.2, -0.15) is 0 Å². The zero-order chi connectivity index (χ0) is 19.1. The Morgan fingerprint density at radius 3 is 2.36 bits per heavy atom. The van der Waals surface area contributed by atoms with Crippen molar-refractivity contribution in [1.29, 1.82) is 0 Å². The van der Waals surface area contributed by atoms with E-state index in [9.17, 15) is 0 Å². The van der Waals surface area contributed by atoms with E-state index in [1.165, 1.54) is 0 Å². The molecule has 0 saturated carbocycles. The fourth-order valence-electron chi connectivity index (χ4n) is 3.66. The molecule has 1 atom stereocenters. The summed E-state index contributed by atoms with van der Waals surface area (Å²) < 4.78 is 16.5. The fraction of sp³-hybridized carbons (Fsp3) is 0.650. The summed E-state index contributed by atoms with van der Waals surface area (Å²) in [5, 5.41) is 6.95. The lowest BCUT2D eigenvalue weighted by Gasteiger charge is -2.35. The van der Waals surface area contributed by atoms with Gasteiger partial charge < -0.3 is 29.7 Å². The molecule has 1 unspecified atom stereocenters. The van der Waals surface area contributed by atoms with E-state index >= 15 is 0 Å². The van der Waals surface area contributed by atoms with Gasteiger partial charge >= 0.3 is 0 Å². The van der Waals surface area contributed by atoms with Crippen LogP contribution in [0.25, 0.3) is 0 Å². The van der Waals surface area contributed by atoms with E-state index in [0.29, 0.717) is 12.1 Å². The summed E-state index contributed by atoms with van der Waals surface area (Å²) in [5.41, 5.74) is 1.14. The summed E-state index contributed by atoms with van der Waals surface area (Å²) >= 11 is 0. The van der Waals surface area contributed by atoms with Crippen molar-refractivity contribution in [1.82, 2.24) is 10.6 Å². The van der Waals surface area contributed by atoms with Crippen LogP contribution in [0, 0.1) is 0 Å². The minimum atomic E-state index is 0. The minimum Gasteiger partial charge on any atom is -0.497 e. The van der Waals surface area contributed by atoms with E-state index < -0.39 is 0 Å². The maximum atomic E-state index is 5.67. The lowest BCUT2D eigenvalue weighted by atomic mass is 10.0. The highest BCUT2D eigenvalue weighted by Crippen LogP contribution is 2.30. The van der Waals surface area contributed by atoms with Gasteiger partial charge in [-0.25, -0.2) is 0 Å². The molecule has 8 heteroatoms. The number of benzene rings is 1. The van der Waals surface area contributed by atoms with E-state index in [1.807, 2.05) is 13.1 Å². The standard InChI is InChI=1S/C20H32N4O3.HI/c1-21-20(22-14-17-5-4-10-27-17)23-15-6-8-24(9-7-15)16-11-18(25-2)13-19(12-16)26-3;/h11-13,15,17H,4-10,14H2,1-3H3,(H2,21,22,23);1H. The Balaban J connectivity index is 0.00000280. The van der Waals surface area contributed by atoms with E-state index in [-0.39, 0.29) is 24.0 Å². The number of nitrogens with zero attached hydrogens (tertiary/aromatic N) is 2. The van der Waals surface area contributed by atoms with Crippen LogP contribution in [0.1, 0.15) is 25.7 Å². The first-order chi connectivity index (χ1) is 13.2. The van der Waals surface area contributed by atoms with Gasteiger partial charge in [0.15, 0.2) is 5.96 Å². The highest BCUT2D eigenvalue weighted by Gasteiger charge is 2.22. The number of aliphatic imine (C=N–C) groups is 1. The van der Waals surface area contributed by atoms with Gasteiger partial charge in [0, 0.05) is 63.2 Å². The largest absolute Gasteiger partial charge is 0.497 e. The van der Waals surface area contributed by atoms with Crippen LogP contribution in [0.15, 0.2) is 23.2 Å². The van der Waals surface area contributed by atoms with Gasteiger partial charge in [0.05, 0.1) is 20.3 Å². The Labute approximate surface area is 185 Å². The van der Waals surface area contributed by atoms with Crippen molar-refractivity contribution in [2.45, 2.75) is 37.8 Å². The number of nitrogens with one attached hydrogen (secondary N) is 2. The minimum absolute atomic E-state index is 0. The van der Waals surface area contributed by atoms with Crippen LogP contribution >= 0.6 is 24.0 Å². The average molecular weight is 504 g/mol. The summed E-state index contributed by atoms with van der Waals surface area (Å²) in [4.78, 5) is 6.74. The molecule has 0 aliphatic carbocycles. The Hall–Kier alpha value is -1.42. The molecule has 0 aromatic heterocycles. The second kappa shape index (κ2) is 11.5. The summed E-state index contributed by atoms with van der Waals surface area (Å²) in [6.07, 6.45) is 4.71. The van der Waals surface area contributed by atoms with Crippen LogP contribution in [-0.4, -0.2) is 65.6 Å². The summed E-state index contributed by atoms with van der Waals surface area (Å²) in [7, 11) is 5.19. The van der Waals surface area contributed by atoms with Crippen molar-refractivity contribution in [2.75, 3.05) is 52.4 Å². The molecule has 1 aromatic carbocycles. The van der Waals surface area contributed by atoms with Gasteiger partial charge in [0.25, 0.3) is 0 Å². The monoisotopic (exact) mass is 504 g/mol. The van der Waals surface area contributed by atoms with Crippen LogP contribution in [0.3, 0.4) is 0 Å². The van der Waals surface area contributed by atoms with Crippen LogP contribution in [0.5, 0.6) is 11.5 Å². The summed E-state index contributed by atoms with van der Waals surface area (Å²) in [6.45, 7) is 3.67. The number of rotatable bonds is 6. The Bertz CT molecular complexity index is 608. The van der Waals surface area contributed by atoms with Crippen molar-refractivity contribution >= 4 is 35.6 Å². The molecular weight excluding hydrogens is 471 g/mol. The van der Waals surface area contributed by atoms with Gasteiger partial charge in [0.2, 0.25) is 0 Å². The molecule has 0 bridgehead atoms. The van der Waals surface area contributed by atoms with Gasteiger partial charge in [-0.05, 0) is 25.7 Å². The first-order valence-electron chi connectivity index (χ1n) is 9.78. The van der Waals surface area contributed by atoms with E-state index in [2.05, 4.69) is 32.7 Å². The van der Waals surface area contributed by atoms with Crippen LogP contribution in [-0.2, 0) is 4.74 Å². The third-order valence-electron chi connectivity index (χ3n) is 5.28. The van der Waals surface area contributed by atoms with E-state index in [4.69, 9.17) is 14.2 Å². The number of anilines is 1. The molecule has 2 heterocycles. The first kappa shape index (κ1) is 22.9. The number of guanidine groups is 1. The third kappa shape index (κ3) is 6.30. The molecule has 2 fully saturated rings. The zero-order valence-corrected chi connectivity index (χ0v) is 19.4. The second-order valence-corrected chi connectivity index (χ2v) is 7.06. The SMILES string of the molecule is CN=C(NCC1CCCO1)NC1CCN(c2cc(OC)cc(OC)c2)CC1.I. The molecule has 7 nitrogen and oxygen atoms in total. The van der Waals surface area contributed by atoms with Crippen LogP contribution in [0.4, 0.5) is 5.69 Å². The van der Waals surface area contributed by atoms with Gasteiger partial charge in [0.1, 0.15) is 11.5 Å². The number of hydrogen-bond donors (Lipinski definition) is 2. The summed E-state index contributed by atoms with van der Waals surface area (Å²) in [5.74, 6) is 2.51. The molecule has 1 aromatic rings.